The first-order valence-corrected chi connectivity index (χ1v) is 7.04. The van der Waals surface area contributed by atoms with Crippen LogP contribution in [0.15, 0.2) is 30.3 Å². The molecule has 2 rings (SSSR count). The van der Waals surface area contributed by atoms with Gasteiger partial charge in [0.05, 0.1) is 11.6 Å². The summed E-state index contributed by atoms with van der Waals surface area (Å²) in [6.45, 7) is 7.88. The molecule has 21 heavy (non-hydrogen) atoms. The molecule has 0 amide bonds. The molecule has 0 fully saturated rings. The number of aryl methyl sites for hydroxylation is 1. The zero-order valence-corrected chi connectivity index (χ0v) is 12.6. The van der Waals surface area contributed by atoms with E-state index in [9.17, 15) is 0 Å². The van der Waals surface area contributed by atoms with Gasteiger partial charge in [0, 0.05) is 24.8 Å². The van der Waals surface area contributed by atoms with Gasteiger partial charge in [-0.1, -0.05) is 6.07 Å². The van der Waals surface area contributed by atoms with E-state index in [4.69, 9.17) is 5.26 Å². The number of benzene rings is 1. The Bertz CT molecular complexity index is 656. The van der Waals surface area contributed by atoms with Crippen molar-refractivity contribution in [1.29, 1.82) is 5.26 Å². The summed E-state index contributed by atoms with van der Waals surface area (Å²) >= 11 is 0. The van der Waals surface area contributed by atoms with Crippen LogP contribution in [-0.4, -0.2) is 23.1 Å². The number of aromatic nitrogens is 2. The van der Waals surface area contributed by atoms with Crippen molar-refractivity contribution in [3.05, 3.63) is 41.7 Å². The summed E-state index contributed by atoms with van der Waals surface area (Å²) in [7, 11) is 0. The fourth-order valence-electron chi connectivity index (χ4n) is 2.14. The Labute approximate surface area is 125 Å². The van der Waals surface area contributed by atoms with Crippen molar-refractivity contribution in [3.63, 3.8) is 0 Å². The van der Waals surface area contributed by atoms with Crippen molar-refractivity contribution >= 4 is 17.3 Å². The standard InChI is InChI=1S/C16H19N5/c1-4-21(5-2)16-10-15(18-12(3)19-16)20-14-8-6-7-13(9-14)11-17/h6-10H,4-5H2,1-3H3,(H,18,19,20). The molecule has 0 aliphatic heterocycles. The Kier molecular flexibility index (Phi) is 4.72. The average molecular weight is 281 g/mol. The van der Waals surface area contributed by atoms with Gasteiger partial charge in [0.1, 0.15) is 17.5 Å². The Balaban J connectivity index is 2.29. The minimum absolute atomic E-state index is 0.620. The zero-order valence-electron chi connectivity index (χ0n) is 12.6. The summed E-state index contributed by atoms with van der Waals surface area (Å²) in [5.41, 5.74) is 1.47. The number of hydrogen-bond donors (Lipinski definition) is 1. The molecule has 0 aliphatic carbocycles. The lowest BCUT2D eigenvalue weighted by molar-refractivity contribution is 0.835. The van der Waals surface area contributed by atoms with Gasteiger partial charge in [0.25, 0.3) is 0 Å². The number of hydrogen-bond acceptors (Lipinski definition) is 5. The van der Waals surface area contributed by atoms with E-state index < -0.39 is 0 Å². The number of nitrogens with zero attached hydrogens (tertiary/aromatic N) is 4. The van der Waals surface area contributed by atoms with Gasteiger partial charge < -0.3 is 10.2 Å². The van der Waals surface area contributed by atoms with Crippen LogP contribution in [0.2, 0.25) is 0 Å². The molecule has 5 nitrogen and oxygen atoms in total. The molecule has 0 saturated carbocycles. The van der Waals surface area contributed by atoms with Gasteiger partial charge in [-0.3, -0.25) is 0 Å². The average Bonchev–Trinajstić information content (AvgIpc) is 2.48. The van der Waals surface area contributed by atoms with Gasteiger partial charge >= 0.3 is 0 Å². The Hall–Kier alpha value is -2.61. The van der Waals surface area contributed by atoms with Crippen LogP contribution in [0, 0.1) is 18.3 Å². The van der Waals surface area contributed by atoms with Gasteiger partial charge in [0.15, 0.2) is 0 Å². The second-order valence-corrected chi connectivity index (χ2v) is 4.65. The van der Waals surface area contributed by atoms with Crippen LogP contribution >= 0.6 is 0 Å². The Morgan fingerprint density at radius 1 is 1.19 bits per heavy atom. The van der Waals surface area contributed by atoms with Crippen molar-refractivity contribution in [2.24, 2.45) is 0 Å². The molecule has 1 heterocycles. The maximum atomic E-state index is 8.94. The molecule has 0 spiro atoms. The van der Waals surface area contributed by atoms with Crippen LogP contribution in [0.1, 0.15) is 25.2 Å². The highest BCUT2D eigenvalue weighted by atomic mass is 15.2. The van der Waals surface area contributed by atoms with E-state index >= 15 is 0 Å². The monoisotopic (exact) mass is 281 g/mol. The number of nitriles is 1. The fourth-order valence-corrected chi connectivity index (χ4v) is 2.14. The summed E-state index contributed by atoms with van der Waals surface area (Å²) < 4.78 is 0. The first-order chi connectivity index (χ1) is 10.2. The highest BCUT2D eigenvalue weighted by Gasteiger charge is 2.07. The number of anilines is 3. The second kappa shape index (κ2) is 6.71. The molecule has 5 heteroatoms. The van der Waals surface area contributed by atoms with Gasteiger partial charge in [-0.2, -0.15) is 5.26 Å². The van der Waals surface area contributed by atoms with Crippen molar-refractivity contribution in [1.82, 2.24) is 9.97 Å². The molecule has 0 radical (unpaired) electrons. The minimum Gasteiger partial charge on any atom is -0.357 e. The largest absolute Gasteiger partial charge is 0.357 e. The normalized spacial score (nSPS) is 10.0. The van der Waals surface area contributed by atoms with Crippen LogP contribution in [0.5, 0.6) is 0 Å². The van der Waals surface area contributed by atoms with Gasteiger partial charge in [0.2, 0.25) is 0 Å². The van der Waals surface area contributed by atoms with Crippen LogP contribution < -0.4 is 10.2 Å². The lowest BCUT2D eigenvalue weighted by atomic mass is 10.2. The number of rotatable bonds is 5. The number of nitrogens with one attached hydrogen (secondary N) is 1. The van der Waals surface area contributed by atoms with Crippen LogP contribution in [0.25, 0.3) is 0 Å². The molecule has 0 unspecified atom stereocenters. The lowest BCUT2D eigenvalue weighted by Gasteiger charge is -2.20. The third-order valence-corrected chi connectivity index (χ3v) is 3.18. The summed E-state index contributed by atoms with van der Waals surface area (Å²) in [5.74, 6) is 2.37. The minimum atomic E-state index is 0.620. The van der Waals surface area contributed by atoms with E-state index in [1.165, 1.54) is 0 Å². The van der Waals surface area contributed by atoms with E-state index in [1.807, 2.05) is 25.1 Å². The molecule has 0 atom stereocenters. The maximum absolute atomic E-state index is 8.94. The SMILES string of the molecule is CCN(CC)c1cc(Nc2cccc(C#N)c2)nc(C)n1. The Morgan fingerprint density at radius 3 is 2.62 bits per heavy atom. The zero-order chi connectivity index (χ0) is 15.2. The lowest BCUT2D eigenvalue weighted by Crippen LogP contribution is -2.23. The predicted molar refractivity (Wildman–Crippen MR) is 84.8 cm³/mol. The quantitative estimate of drug-likeness (QED) is 0.911. The predicted octanol–water partition coefficient (Wildman–Crippen LogP) is 3.25. The van der Waals surface area contributed by atoms with Gasteiger partial charge in [-0.15, -0.1) is 0 Å². The highest BCUT2D eigenvalue weighted by molar-refractivity contribution is 5.61. The molecule has 0 bridgehead atoms. The fraction of sp³-hybridized carbons (Fsp3) is 0.312. The Morgan fingerprint density at radius 2 is 1.95 bits per heavy atom. The van der Waals surface area contributed by atoms with Gasteiger partial charge in [-0.25, -0.2) is 9.97 Å². The van der Waals surface area contributed by atoms with E-state index in [0.29, 0.717) is 5.56 Å². The molecule has 1 aromatic heterocycles. The van der Waals surface area contributed by atoms with Crippen molar-refractivity contribution in [2.45, 2.75) is 20.8 Å². The first-order valence-electron chi connectivity index (χ1n) is 7.04. The van der Waals surface area contributed by atoms with Crippen LogP contribution in [0.4, 0.5) is 17.3 Å². The van der Waals surface area contributed by atoms with Gasteiger partial charge in [-0.05, 0) is 39.0 Å². The topological polar surface area (TPSA) is 64.8 Å². The van der Waals surface area contributed by atoms with E-state index in [0.717, 1.165) is 36.2 Å². The molecule has 108 valence electrons. The van der Waals surface area contributed by atoms with Crippen LogP contribution in [-0.2, 0) is 0 Å². The summed E-state index contributed by atoms with van der Waals surface area (Å²) in [6.07, 6.45) is 0. The third kappa shape index (κ3) is 3.69. The molecule has 0 aliphatic rings. The van der Waals surface area contributed by atoms with E-state index in [1.54, 1.807) is 12.1 Å². The van der Waals surface area contributed by atoms with E-state index in [2.05, 4.69) is 40.1 Å². The van der Waals surface area contributed by atoms with E-state index in [-0.39, 0.29) is 0 Å². The summed E-state index contributed by atoms with van der Waals surface area (Å²) in [4.78, 5) is 11.0. The van der Waals surface area contributed by atoms with Crippen molar-refractivity contribution in [2.75, 3.05) is 23.3 Å². The molecular weight excluding hydrogens is 262 g/mol. The molecular formula is C16H19N5. The van der Waals surface area contributed by atoms with Crippen LogP contribution in [0.3, 0.4) is 0 Å². The summed E-state index contributed by atoms with van der Waals surface area (Å²) in [6, 6.07) is 11.4. The third-order valence-electron chi connectivity index (χ3n) is 3.18. The highest BCUT2D eigenvalue weighted by Crippen LogP contribution is 2.20. The first kappa shape index (κ1) is 14.8. The molecule has 2 aromatic rings. The molecule has 1 aromatic carbocycles. The van der Waals surface area contributed by atoms with Crippen molar-refractivity contribution in [3.8, 4) is 6.07 Å². The second-order valence-electron chi connectivity index (χ2n) is 4.65. The molecule has 1 N–H and O–H groups in total. The summed E-state index contributed by atoms with van der Waals surface area (Å²) in [5, 5.41) is 12.2. The smallest absolute Gasteiger partial charge is 0.136 e. The maximum Gasteiger partial charge on any atom is 0.136 e. The van der Waals surface area contributed by atoms with Crippen molar-refractivity contribution < 1.29 is 0 Å². The molecule has 0 saturated heterocycles.